The second-order valence-corrected chi connectivity index (χ2v) is 7.10. The molecule has 0 saturated heterocycles. The molecule has 3 rings (SSSR count). The molecule has 1 aliphatic rings. The number of carbonyl (C=O) groups is 2. The zero-order valence-corrected chi connectivity index (χ0v) is 17.4. The number of carboxylic acid groups (broad SMARTS) is 1. The number of carboxylic acids is 1. The maximum Gasteiger partial charge on any atom is 0.303 e. The van der Waals surface area contributed by atoms with E-state index in [9.17, 15) is 9.59 Å². The van der Waals surface area contributed by atoms with Crippen LogP contribution >= 0.6 is 0 Å². The van der Waals surface area contributed by atoms with Crippen molar-refractivity contribution in [3.8, 4) is 11.5 Å². The fraction of sp³-hybridized carbons (Fsp3) is 0.348. The number of benzene rings is 2. The Morgan fingerprint density at radius 2 is 1.70 bits per heavy atom. The standard InChI is InChI=1S/C23H26N2O5/c1-4-15-5-7-16(8-6-15)21-14-20(24-25(21)22(26)9-10-23(27)28)17-11-18(29-2)13-19(12-17)30-3/h5-8,11-13,21H,4,9-10,14H2,1-3H3,(H,27,28)/t21-/m1/s1. The van der Waals surface area contributed by atoms with Gasteiger partial charge in [0.1, 0.15) is 11.5 Å². The van der Waals surface area contributed by atoms with Crippen LogP contribution in [0.2, 0.25) is 0 Å². The minimum Gasteiger partial charge on any atom is -0.497 e. The Morgan fingerprint density at radius 1 is 1.07 bits per heavy atom. The molecular formula is C23H26N2O5. The summed E-state index contributed by atoms with van der Waals surface area (Å²) in [6.07, 6.45) is 1.11. The van der Waals surface area contributed by atoms with Gasteiger partial charge in [0.25, 0.3) is 0 Å². The fourth-order valence-electron chi connectivity index (χ4n) is 3.45. The van der Waals surface area contributed by atoms with Crippen LogP contribution in [0.4, 0.5) is 0 Å². The van der Waals surface area contributed by atoms with E-state index >= 15 is 0 Å². The molecule has 0 saturated carbocycles. The number of ether oxygens (including phenoxy) is 2. The molecule has 30 heavy (non-hydrogen) atoms. The first-order chi connectivity index (χ1) is 14.4. The molecule has 1 heterocycles. The molecule has 0 spiro atoms. The van der Waals surface area contributed by atoms with Gasteiger partial charge in [-0.3, -0.25) is 9.59 Å². The smallest absolute Gasteiger partial charge is 0.303 e. The molecule has 0 aliphatic carbocycles. The maximum absolute atomic E-state index is 12.8. The number of aryl methyl sites for hydroxylation is 1. The van der Waals surface area contributed by atoms with Gasteiger partial charge in [0, 0.05) is 24.5 Å². The van der Waals surface area contributed by atoms with Crippen LogP contribution in [0.15, 0.2) is 47.6 Å². The van der Waals surface area contributed by atoms with Crippen molar-refractivity contribution in [2.24, 2.45) is 5.10 Å². The molecule has 0 unspecified atom stereocenters. The summed E-state index contributed by atoms with van der Waals surface area (Å²) in [4.78, 5) is 23.7. The molecule has 1 aliphatic heterocycles. The van der Waals surface area contributed by atoms with E-state index in [-0.39, 0.29) is 24.8 Å². The monoisotopic (exact) mass is 410 g/mol. The van der Waals surface area contributed by atoms with Crippen molar-refractivity contribution in [1.29, 1.82) is 0 Å². The maximum atomic E-state index is 12.8. The van der Waals surface area contributed by atoms with Crippen LogP contribution in [0.25, 0.3) is 0 Å². The third-order valence-electron chi connectivity index (χ3n) is 5.18. The van der Waals surface area contributed by atoms with Gasteiger partial charge in [-0.05, 0) is 29.7 Å². The summed E-state index contributed by atoms with van der Waals surface area (Å²) >= 11 is 0. The van der Waals surface area contributed by atoms with Crippen LogP contribution in [0.5, 0.6) is 11.5 Å². The third-order valence-corrected chi connectivity index (χ3v) is 5.18. The van der Waals surface area contributed by atoms with E-state index < -0.39 is 5.97 Å². The first kappa shape index (κ1) is 21.4. The lowest BCUT2D eigenvalue weighted by Gasteiger charge is -2.22. The number of hydrogen-bond acceptors (Lipinski definition) is 5. The van der Waals surface area contributed by atoms with Crippen molar-refractivity contribution in [2.75, 3.05) is 14.2 Å². The molecule has 7 nitrogen and oxygen atoms in total. The molecule has 0 radical (unpaired) electrons. The molecule has 1 atom stereocenters. The second kappa shape index (κ2) is 9.43. The summed E-state index contributed by atoms with van der Waals surface area (Å²) in [5.41, 5.74) is 3.69. The Bertz CT molecular complexity index is 930. The second-order valence-electron chi connectivity index (χ2n) is 7.10. The fourth-order valence-corrected chi connectivity index (χ4v) is 3.45. The highest BCUT2D eigenvalue weighted by Gasteiger charge is 2.33. The molecular weight excluding hydrogens is 384 g/mol. The number of hydrazone groups is 1. The molecule has 158 valence electrons. The topological polar surface area (TPSA) is 88.4 Å². The number of hydrogen-bond donors (Lipinski definition) is 1. The van der Waals surface area contributed by atoms with Gasteiger partial charge in [0.15, 0.2) is 0 Å². The van der Waals surface area contributed by atoms with Crippen molar-refractivity contribution in [2.45, 2.75) is 38.6 Å². The summed E-state index contributed by atoms with van der Waals surface area (Å²) in [6, 6.07) is 13.3. The summed E-state index contributed by atoms with van der Waals surface area (Å²) in [6.45, 7) is 2.09. The summed E-state index contributed by atoms with van der Waals surface area (Å²) < 4.78 is 10.7. The SMILES string of the molecule is CCc1ccc([C@H]2CC(c3cc(OC)cc(OC)c3)=NN2C(=O)CCC(=O)O)cc1. The van der Waals surface area contributed by atoms with Crippen LogP contribution in [-0.4, -0.2) is 41.9 Å². The van der Waals surface area contributed by atoms with E-state index in [4.69, 9.17) is 14.6 Å². The van der Waals surface area contributed by atoms with E-state index in [1.807, 2.05) is 36.4 Å². The number of aliphatic carboxylic acids is 1. The minimum absolute atomic E-state index is 0.100. The average Bonchev–Trinajstić information content (AvgIpc) is 3.22. The average molecular weight is 410 g/mol. The summed E-state index contributed by atoms with van der Waals surface area (Å²) in [7, 11) is 3.16. The Labute approximate surface area is 175 Å². The van der Waals surface area contributed by atoms with Crippen molar-refractivity contribution in [1.82, 2.24) is 5.01 Å². The molecule has 1 N–H and O–H groups in total. The zero-order chi connectivity index (χ0) is 21.7. The van der Waals surface area contributed by atoms with Crippen molar-refractivity contribution < 1.29 is 24.2 Å². The van der Waals surface area contributed by atoms with Crippen LogP contribution < -0.4 is 9.47 Å². The predicted octanol–water partition coefficient (Wildman–Crippen LogP) is 3.81. The van der Waals surface area contributed by atoms with E-state index in [0.29, 0.717) is 17.9 Å². The van der Waals surface area contributed by atoms with Gasteiger partial charge in [-0.25, -0.2) is 5.01 Å². The zero-order valence-electron chi connectivity index (χ0n) is 17.4. The molecule has 0 aromatic heterocycles. The Morgan fingerprint density at radius 3 is 2.23 bits per heavy atom. The lowest BCUT2D eigenvalue weighted by Crippen LogP contribution is -2.27. The molecule has 7 heteroatoms. The predicted molar refractivity (Wildman–Crippen MR) is 113 cm³/mol. The minimum atomic E-state index is -1.01. The first-order valence-electron chi connectivity index (χ1n) is 9.88. The molecule has 1 amide bonds. The summed E-state index contributed by atoms with van der Waals surface area (Å²) in [5.74, 6) is -0.0573. The summed E-state index contributed by atoms with van der Waals surface area (Å²) in [5, 5.41) is 15.0. The lowest BCUT2D eigenvalue weighted by atomic mass is 9.97. The highest BCUT2D eigenvalue weighted by Crippen LogP contribution is 2.35. The van der Waals surface area contributed by atoms with Crippen molar-refractivity contribution >= 4 is 17.6 Å². The largest absolute Gasteiger partial charge is 0.497 e. The highest BCUT2D eigenvalue weighted by molar-refractivity contribution is 6.03. The number of amides is 1. The van der Waals surface area contributed by atoms with Gasteiger partial charge in [-0.2, -0.15) is 5.10 Å². The third kappa shape index (κ3) is 4.79. The molecule has 2 aromatic carbocycles. The van der Waals surface area contributed by atoms with Gasteiger partial charge in [-0.1, -0.05) is 31.2 Å². The van der Waals surface area contributed by atoms with Crippen LogP contribution in [0, 0.1) is 0 Å². The Balaban J connectivity index is 1.95. The van der Waals surface area contributed by atoms with Gasteiger partial charge >= 0.3 is 5.97 Å². The molecule has 0 bridgehead atoms. The molecule has 2 aromatic rings. The van der Waals surface area contributed by atoms with E-state index in [0.717, 1.165) is 23.3 Å². The number of nitrogens with zero attached hydrogens (tertiary/aromatic N) is 2. The quantitative estimate of drug-likeness (QED) is 0.715. The van der Waals surface area contributed by atoms with E-state index in [2.05, 4.69) is 12.0 Å². The number of rotatable bonds is 8. The number of carbonyl (C=O) groups excluding carboxylic acids is 1. The highest BCUT2D eigenvalue weighted by atomic mass is 16.5. The molecule has 0 fully saturated rings. The first-order valence-corrected chi connectivity index (χ1v) is 9.88. The lowest BCUT2D eigenvalue weighted by molar-refractivity contribution is -0.141. The Hall–Kier alpha value is -3.35. The Kier molecular flexibility index (Phi) is 6.72. The van der Waals surface area contributed by atoms with E-state index in [1.165, 1.54) is 10.6 Å². The van der Waals surface area contributed by atoms with Gasteiger partial charge < -0.3 is 14.6 Å². The normalized spacial score (nSPS) is 15.6. The van der Waals surface area contributed by atoms with Crippen molar-refractivity contribution in [3.05, 3.63) is 59.2 Å². The van der Waals surface area contributed by atoms with Gasteiger partial charge in [0.2, 0.25) is 5.91 Å². The van der Waals surface area contributed by atoms with Crippen LogP contribution in [0.3, 0.4) is 0 Å². The van der Waals surface area contributed by atoms with Crippen molar-refractivity contribution in [3.63, 3.8) is 0 Å². The van der Waals surface area contributed by atoms with Crippen LogP contribution in [-0.2, 0) is 16.0 Å². The van der Waals surface area contributed by atoms with E-state index in [1.54, 1.807) is 20.3 Å². The van der Waals surface area contributed by atoms with Gasteiger partial charge in [0.05, 0.1) is 32.4 Å². The van der Waals surface area contributed by atoms with Crippen LogP contribution in [0.1, 0.15) is 48.9 Å². The van der Waals surface area contributed by atoms with Gasteiger partial charge in [-0.15, -0.1) is 0 Å². The number of methoxy groups -OCH3 is 2.